The summed E-state index contributed by atoms with van der Waals surface area (Å²) in [7, 11) is 1.75. The first-order chi connectivity index (χ1) is 16.8. The Kier molecular flexibility index (Phi) is 5.80. The minimum atomic E-state index is -0.306. The van der Waals surface area contributed by atoms with Crippen LogP contribution in [0.3, 0.4) is 0 Å². The molecule has 0 atom stereocenters. The Morgan fingerprint density at radius 2 is 1.57 bits per heavy atom. The smallest absolute Gasteiger partial charge is 0.272 e. The third-order valence-corrected chi connectivity index (χ3v) is 6.17. The fourth-order valence-corrected chi connectivity index (χ4v) is 4.40. The summed E-state index contributed by atoms with van der Waals surface area (Å²) in [6.07, 6.45) is 0. The van der Waals surface area contributed by atoms with Crippen LogP contribution >= 0.6 is 0 Å². The number of benzene rings is 1. The summed E-state index contributed by atoms with van der Waals surface area (Å²) in [6.45, 7) is 8.27. The largest absolute Gasteiger partial charge is 0.353 e. The molecule has 5 rings (SSSR count). The molecule has 1 aliphatic rings. The van der Waals surface area contributed by atoms with Crippen molar-refractivity contribution in [3.8, 4) is 17.1 Å². The Morgan fingerprint density at radius 1 is 0.886 bits per heavy atom. The average molecular weight is 475 g/mol. The van der Waals surface area contributed by atoms with Gasteiger partial charge in [-0.15, -0.1) is 0 Å². The summed E-state index contributed by atoms with van der Waals surface area (Å²) in [5.41, 5.74) is 3.86. The van der Waals surface area contributed by atoms with E-state index in [1.54, 1.807) is 29.9 Å². The molecule has 9 nitrogen and oxygen atoms in total. The molecule has 0 N–H and O–H groups in total. The van der Waals surface area contributed by atoms with Gasteiger partial charge < -0.3 is 9.80 Å². The number of anilines is 1. The van der Waals surface area contributed by atoms with E-state index in [1.165, 1.54) is 12.1 Å². The van der Waals surface area contributed by atoms with Gasteiger partial charge in [-0.25, -0.2) is 19.0 Å². The van der Waals surface area contributed by atoms with Gasteiger partial charge in [-0.05, 0) is 57.2 Å². The van der Waals surface area contributed by atoms with Gasteiger partial charge in [-0.1, -0.05) is 0 Å². The van der Waals surface area contributed by atoms with E-state index in [0.717, 1.165) is 28.6 Å². The molecule has 0 unspecified atom stereocenters. The van der Waals surface area contributed by atoms with E-state index in [-0.39, 0.29) is 11.7 Å². The molecule has 1 fully saturated rings. The Labute approximate surface area is 202 Å². The molecular formula is C25H27FN8O. The molecule has 35 heavy (non-hydrogen) atoms. The maximum absolute atomic E-state index is 13.3. The van der Waals surface area contributed by atoms with Gasteiger partial charge in [-0.2, -0.15) is 10.2 Å². The molecular weight excluding hydrogens is 447 g/mol. The quantitative estimate of drug-likeness (QED) is 0.452. The van der Waals surface area contributed by atoms with Gasteiger partial charge >= 0.3 is 0 Å². The molecule has 1 aliphatic heterocycles. The van der Waals surface area contributed by atoms with E-state index < -0.39 is 0 Å². The number of carbonyl (C=O) groups excluding carboxylic acids is 1. The second-order valence-electron chi connectivity index (χ2n) is 8.80. The van der Waals surface area contributed by atoms with Crippen molar-refractivity contribution >= 4 is 11.7 Å². The molecule has 4 heterocycles. The predicted molar refractivity (Wildman–Crippen MR) is 130 cm³/mol. The summed E-state index contributed by atoms with van der Waals surface area (Å²) in [5.74, 6) is 1.85. The lowest BCUT2D eigenvalue weighted by Gasteiger charge is -2.35. The molecule has 1 saturated heterocycles. The topological polar surface area (TPSA) is 85.0 Å². The Bertz CT molecular complexity index is 1380. The van der Waals surface area contributed by atoms with Crippen molar-refractivity contribution in [1.82, 2.24) is 34.4 Å². The zero-order chi connectivity index (χ0) is 24.7. The van der Waals surface area contributed by atoms with E-state index in [0.29, 0.717) is 43.4 Å². The van der Waals surface area contributed by atoms with Crippen molar-refractivity contribution < 1.29 is 9.18 Å². The van der Waals surface area contributed by atoms with Crippen molar-refractivity contribution in [2.75, 3.05) is 31.1 Å². The normalized spacial score (nSPS) is 14.0. The second kappa shape index (κ2) is 8.94. The molecule has 0 bridgehead atoms. The van der Waals surface area contributed by atoms with Crippen LogP contribution in [-0.2, 0) is 7.05 Å². The Balaban J connectivity index is 1.30. The Morgan fingerprint density at radius 3 is 2.23 bits per heavy atom. The number of amides is 1. The lowest BCUT2D eigenvalue weighted by molar-refractivity contribution is 0.0735. The number of rotatable bonds is 4. The zero-order valence-electron chi connectivity index (χ0n) is 20.2. The number of hydrogen-bond donors (Lipinski definition) is 0. The lowest BCUT2D eigenvalue weighted by Crippen LogP contribution is -2.49. The SMILES string of the molecule is Cc1cc(C)n(-c2cc(N3CCN(C(=O)c4cc(-c5ccc(F)cc5)nn4C)CC3)nc(C)n2)n1. The molecule has 0 radical (unpaired) electrons. The molecule has 10 heteroatoms. The molecule has 0 spiro atoms. The van der Waals surface area contributed by atoms with Crippen LogP contribution in [0.15, 0.2) is 42.5 Å². The van der Waals surface area contributed by atoms with Crippen LogP contribution in [0.25, 0.3) is 17.1 Å². The highest BCUT2D eigenvalue weighted by molar-refractivity contribution is 5.94. The summed E-state index contributed by atoms with van der Waals surface area (Å²) < 4.78 is 16.7. The van der Waals surface area contributed by atoms with Gasteiger partial charge in [-0.3, -0.25) is 9.48 Å². The van der Waals surface area contributed by atoms with Gasteiger partial charge in [0.05, 0.1) is 11.4 Å². The summed E-state index contributed by atoms with van der Waals surface area (Å²) in [6, 6.07) is 11.8. The number of nitrogens with zero attached hydrogens (tertiary/aromatic N) is 8. The lowest BCUT2D eigenvalue weighted by atomic mass is 10.1. The second-order valence-corrected chi connectivity index (χ2v) is 8.80. The number of aryl methyl sites for hydroxylation is 4. The molecule has 4 aromatic rings. The monoisotopic (exact) mass is 474 g/mol. The maximum Gasteiger partial charge on any atom is 0.272 e. The van der Waals surface area contributed by atoms with Crippen LogP contribution in [0.5, 0.6) is 0 Å². The van der Waals surface area contributed by atoms with Crippen molar-refractivity contribution in [3.05, 3.63) is 71.2 Å². The molecule has 0 aliphatic carbocycles. The number of carbonyl (C=O) groups is 1. The predicted octanol–water partition coefficient (Wildman–Crippen LogP) is 3.09. The van der Waals surface area contributed by atoms with E-state index >= 15 is 0 Å². The third-order valence-electron chi connectivity index (χ3n) is 6.17. The van der Waals surface area contributed by atoms with Crippen LogP contribution in [-0.4, -0.2) is 66.5 Å². The minimum Gasteiger partial charge on any atom is -0.353 e. The van der Waals surface area contributed by atoms with E-state index in [1.807, 2.05) is 42.5 Å². The highest BCUT2D eigenvalue weighted by Gasteiger charge is 2.26. The van der Waals surface area contributed by atoms with E-state index in [2.05, 4.69) is 25.1 Å². The average Bonchev–Trinajstić information content (AvgIpc) is 3.40. The van der Waals surface area contributed by atoms with Gasteiger partial charge in [0.15, 0.2) is 5.82 Å². The van der Waals surface area contributed by atoms with Crippen LogP contribution in [0.4, 0.5) is 10.2 Å². The maximum atomic E-state index is 13.3. The molecule has 180 valence electrons. The molecule has 0 saturated carbocycles. The van der Waals surface area contributed by atoms with Crippen LogP contribution in [0.1, 0.15) is 27.7 Å². The highest BCUT2D eigenvalue weighted by Crippen LogP contribution is 2.22. The summed E-state index contributed by atoms with van der Waals surface area (Å²) in [5, 5.41) is 9.00. The molecule has 1 aromatic carbocycles. The van der Waals surface area contributed by atoms with Crippen molar-refractivity contribution in [3.63, 3.8) is 0 Å². The molecule has 3 aromatic heterocycles. The van der Waals surface area contributed by atoms with Crippen molar-refractivity contribution in [2.24, 2.45) is 7.05 Å². The molecule has 1 amide bonds. The summed E-state index contributed by atoms with van der Waals surface area (Å²) >= 11 is 0. The van der Waals surface area contributed by atoms with Gasteiger partial charge in [0.2, 0.25) is 0 Å². The minimum absolute atomic E-state index is 0.0739. The number of hydrogen-bond acceptors (Lipinski definition) is 6. The van der Waals surface area contributed by atoms with Gasteiger partial charge in [0.1, 0.15) is 23.2 Å². The fraction of sp³-hybridized carbons (Fsp3) is 0.320. The number of halogens is 1. The van der Waals surface area contributed by atoms with Crippen molar-refractivity contribution in [2.45, 2.75) is 20.8 Å². The zero-order valence-corrected chi connectivity index (χ0v) is 20.2. The van der Waals surface area contributed by atoms with E-state index in [9.17, 15) is 9.18 Å². The summed E-state index contributed by atoms with van der Waals surface area (Å²) in [4.78, 5) is 26.4. The van der Waals surface area contributed by atoms with Gasteiger partial charge in [0, 0.05) is 50.6 Å². The fourth-order valence-electron chi connectivity index (χ4n) is 4.40. The van der Waals surface area contributed by atoms with Crippen LogP contribution in [0, 0.1) is 26.6 Å². The first kappa shape index (κ1) is 22.7. The Hall–Kier alpha value is -4.08. The van der Waals surface area contributed by atoms with Gasteiger partial charge in [0.25, 0.3) is 5.91 Å². The third kappa shape index (κ3) is 4.51. The number of aromatic nitrogens is 6. The van der Waals surface area contributed by atoms with E-state index in [4.69, 9.17) is 0 Å². The van der Waals surface area contributed by atoms with Crippen LogP contribution < -0.4 is 4.90 Å². The van der Waals surface area contributed by atoms with Crippen molar-refractivity contribution in [1.29, 1.82) is 0 Å². The highest BCUT2D eigenvalue weighted by atomic mass is 19.1. The standard InChI is InChI=1S/C25H27FN8O/c1-16-13-17(2)34(29-16)24-15-23(27-18(3)28-24)32-9-11-33(12-10-32)25(35)22-14-21(30-31(22)4)19-5-7-20(26)8-6-19/h5-8,13-15H,9-12H2,1-4H3. The first-order valence-corrected chi connectivity index (χ1v) is 11.5. The first-order valence-electron chi connectivity index (χ1n) is 11.5. The number of piperazine rings is 1. The van der Waals surface area contributed by atoms with Crippen LogP contribution in [0.2, 0.25) is 0 Å².